The quantitative estimate of drug-likeness (QED) is 0.391. The molecule has 7 heteroatoms. The first-order chi connectivity index (χ1) is 17.4. The van der Waals surface area contributed by atoms with E-state index in [1.807, 2.05) is 0 Å². The second kappa shape index (κ2) is 12.3. The number of carboxylic acid groups (broad SMARTS) is 1. The lowest BCUT2D eigenvalue weighted by Gasteiger charge is -2.42. The molecule has 1 saturated carbocycles. The second-order valence-electron chi connectivity index (χ2n) is 10.9. The molecule has 2 fully saturated rings. The van der Waals surface area contributed by atoms with Gasteiger partial charge in [0.05, 0.1) is 25.7 Å². The summed E-state index contributed by atoms with van der Waals surface area (Å²) in [6, 6.07) is 5.34. The van der Waals surface area contributed by atoms with Crippen LogP contribution in [0.5, 0.6) is 5.75 Å². The number of fused-ring (bicyclic) bond motifs is 1. The maximum atomic E-state index is 15.9. The number of carboxylic acids is 1. The number of pyridine rings is 1. The van der Waals surface area contributed by atoms with Gasteiger partial charge in [-0.1, -0.05) is 32.1 Å². The predicted octanol–water partition coefficient (Wildman–Crippen LogP) is 6.05. The summed E-state index contributed by atoms with van der Waals surface area (Å²) in [6.07, 6.45) is 10.6. The molecule has 2 aromatic rings. The van der Waals surface area contributed by atoms with Gasteiger partial charge in [-0.05, 0) is 81.3 Å². The van der Waals surface area contributed by atoms with Crippen molar-refractivity contribution in [1.29, 1.82) is 0 Å². The Hall–Kier alpha value is -2.25. The molecule has 1 atom stereocenters. The Labute approximate surface area is 213 Å². The first kappa shape index (κ1) is 26.8. The number of aliphatic hydroxyl groups excluding tert-OH is 1. The number of ether oxygens (including phenoxy) is 1. The third-order valence-electron chi connectivity index (χ3n) is 8.63. The molecule has 2 N–H and O–H groups in total. The van der Waals surface area contributed by atoms with Crippen molar-refractivity contribution in [2.45, 2.75) is 83.4 Å². The third kappa shape index (κ3) is 6.54. The molecular weight excluding hydrogens is 459 g/mol. The number of carbonyl (C=O) groups is 1. The Morgan fingerprint density at radius 2 is 2.00 bits per heavy atom. The van der Waals surface area contributed by atoms with Crippen LogP contribution in [0.25, 0.3) is 10.9 Å². The van der Waals surface area contributed by atoms with Crippen LogP contribution in [0.15, 0.2) is 24.4 Å². The average molecular weight is 501 g/mol. The van der Waals surface area contributed by atoms with Crippen molar-refractivity contribution < 1.29 is 24.1 Å². The summed E-state index contributed by atoms with van der Waals surface area (Å²) < 4.78 is 21.2. The zero-order valence-electron chi connectivity index (χ0n) is 21.6. The summed E-state index contributed by atoms with van der Waals surface area (Å²) in [4.78, 5) is 18.6. The topological polar surface area (TPSA) is 82.9 Å². The number of aliphatic hydroxyl groups is 1. The summed E-state index contributed by atoms with van der Waals surface area (Å²) in [6.45, 7) is 2.55. The summed E-state index contributed by atoms with van der Waals surface area (Å²) in [5, 5.41) is 20.2. The van der Waals surface area contributed by atoms with Gasteiger partial charge in [0.15, 0.2) is 0 Å². The molecule has 2 aliphatic rings. The van der Waals surface area contributed by atoms with Crippen molar-refractivity contribution >= 4 is 16.9 Å². The van der Waals surface area contributed by atoms with Crippen molar-refractivity contribution in [1.82, 2.24) is 9.88 Å². The maximum Gasteiger partial charge on any atom is 0.303 e. The molecule has 0 amide bonds. The lowest BCUT2D eigenvalue weighted by atomic mass is 9.71. The minimum Gasteiger partial charge on any atom is -0.497 e. The normalized spacial score (nSPS) is 19.9. The van der Waals surface area contributed by atoms with Crippen LogP contribution in [0.4, 0.5) is 4.39 Å². The first-order valence-electron chi connectivity index (χ1n) is 13.6. The Kier molecular flexibility index (Phi) is 9.18. The molecule has 0 radical (unpaired) electrons. The third-order valence-corrected chi connectivity index (χ3v) is 8.63. The second-order valence-corrected chi connectivity index (χ2v) is 10.9. The number of hydrogen-bond acceptors (Lipinski definition) is 5. The fourth-order valence-corrected chi connectivity index (χ4v) is 6.36. The number of aliphatic carboxylic acids is 1. The van der Waals surface area contributed by atoms with E-state index < -0.39 is 17.6 Å². The van der Waals surface area contributed by atoms with Crippen LogP contribution in [0.2, 0.25) is 0 Å². The highest BCUT2D eigenvalue weighted by Crippen LogP contribution is 2.43. The van der Waals surface area contributed by atoms with Gasteiger partial charge < -0.3 is 19.8 Å². The monoisotopic (exact) mass is 500 g/mol. The zero-order valence-corrected chi connectivity index (χ0v) is 21.6. The van der Waals surface area contributed by atoms with Gasteiger partial charge in [-0.3, -0.25) is 9.78 Å². The molecule has 1 aromatic carbocycles. The van der Waals surface area contributed by atoms with E-state index in [1.165, 1.54) is 44.7 Å². The number of aromatic nitrogens is 1. The Morgan fingerprint density at radius 3 is 2.67 bits per heavy atom. The van der Waals surface area contributed by atoms with Gasteiger partial charge in [-0.2, -0.15) is 0 Å². The molecule has 0 spiro atoms. The number of methoxy groups -OCH3 is 1. The molecule has 1 aliphatic heterocycles. The van der Waals surface area contributed by atoms with Crippen LogP contribution < -0.4 is 4.74 Å². The molecule has 1 aromatic heterocycles. The largest absolute Gasteiger partial charge is 0.497 e. The number of hydrogen-bond donors (Lipinski definition) is 2. The van der Waals surface area contributed by atoms with Crippen LogP contribution >= 0.6 is 0 Å². The number of nitrogens with zero attached hydrogens (tertiary/aromatic N) is 2. The van der Waals surface area contributed by atoms with E-state index in [9.17, 15) is 15.0 Å². The average Bonchev–Trinajstić information content (AvgIpc) is 2.90. The lowest BCUT2D eigenvalue weighted by Crippen LogP contribution is -2.42. The van der Waals surface area contributed by atoms with Gasteiger partial charge in [-0.15, -0.1) is 0 Å². The van der Waals surface area contributed by atoms with E-state index in [1.54, 1.807) is 25.3 Å². The van der Waals surface area contributed by atoms with Gasteiger partial charge in [0.2, 0.25) is 0 Å². The SMILES string of the molecule is COc1ccc2ncc(CO)c(C(F)CCC3(CC(=O)O)CCN(CCC4CCCCC4)CC3)c2c1. The Bertz CT molecular complexity index is 1010. The summed E-state index contributed by atoms with van der Waals surface area (Å²) in [5.74, 6) is 0.637. The van der Waals surface area contributed by atoms with Crippen LogP contribution in [-0.2, 0) is 11.4 Å². The Morgan fingerprint density at radius 1 is 1.25 bits per heavy atom. The van der Waals surface area contributed by atoms with Gasteiger partial charge in [-0.25, -0.2) is 4.39 Å². The lowest BCUT2D eigenvalue weighted by molar-refractivity contribution is -0.141. The van der Waals surface area contributed by atoms with E-state index >= 15 is 4.39 Å². The molecule has 36 heavy (non-hydrogen) atoms. The highest BCUT2D eigenvalue weighted by atomic mass is 19.1. The summed E-state index contributed by atoms with van der Waals surface area (Å²) >= 11 is 0. The number of piperidine rings is 1. The molecule has 1 saturated heterocycles. The zero-order chi connectivity index (χ0) is 25.5. The van der Waals surface area contributed by atoms with Crippen molar-refractivity contribution in [3.8, 4) is 5.75 Å². The molecule has 2 heterocycles. The summed E-state index contributed by atoms with van der Waals surface area (Å²) in [5.41, 5.74) is 1.17. The van der Waals surface area contributed by atoms with Crippen LogP contribution in [-0.4, -0.2) is 52.8 Å². The molecular formula is C29H41FN2O4. The molecule has 6 nitrogen and oxygen atoms in total. The van der Waals surface area contributed by atoms with Crippen LogP contribution in [0.3, 0.4) is 0 Å². The van der Waals surface area contributed by atoms with Crippen molar-refractivity contribution in [2.24, 2.45) is 11.3 Å². The minimum absolute atomic E-state index is 0.0773. The predicted molar refractivity (Wildman–Crippen MR) is 139 cm³/mol. The first-order valence-corrected chi connectivity index (χ1v) is 13.6. The molecule has 4 rings (SSSR count). The maximum absolute atomic E-state index is 15.9. The molecule has 1 unspecified atom stereocenters. The van der Waals surface area contributed by atoms with Gasteiger partial charge in [0.1, 0.15) is 11.9 Å². The fourth-order valence-electron chi connectivity index (χ4n) is 6.36. The van der Waals surface area contributed by atoms with Crippen LogP contribution in [0, 0.1) is 11.3 Å². The minimum atomic E-state index is -1.32. The van der Waals surface area contributed by atoms with Crippen molar-refractivity contribution in [2.75, 3.05) is 26.7 Å². The smallest absolute Gasteiger partial charge is 0.303 e. The van der Waals surface area contributed by atoms with Gasteiger partial charge in [0.25, 0.3) is 0 Å². The molecule has 0 bridgehead atoms. The standard InChI is InChI=1S/C29H41FN2O4/c1-36-23-7-8-26-24(17-23)28(22(20-33)19-31-26)25(30)9-11-29(18-27(34)35)12-15-32(16-13-29)14-10-21-5-3-2-4-6-21/h7-8,17,19,21,25,33H,2-6,9-16,18,20H2,1H3,(H,34,35). The number of rotatable bonds is 11. The fraction of sp³-hybridized carbons (Fsp3) is 0.655. The summed E-state index contributed by atoms with van der Waals surface area (Å²) in [7, 11) is 1.56. The van der Waals surface area contributed by atoms with Crippen molar-refractivity contribution in [3.05, 3.63) is 35.5 Å². The molecule has 198 valence electrons. The number of halogens is 1. The number of benzene rings is 1. The Balaban J connectivity index is 1.43. The van der Waals surface area contributed by atoms with E-state index in [2.05, 4.69) is 9.88 Å². The molecule has 1 aliphatic carbocycles. The van der Waals surface area contributed by atoms with Gasteiger partial charge >= 0.3 is 5.97 Å². The van der Waals surface area contributed by atoms with E-state index in [4.69, 9.17) is 4.74 Å². The van der Waals surface area contributed by atoms with Gasteiger partial charge in [0, 0.05) is 22.7 Å². The van der Waals surface area contributed by atoms with Crippen molar-refractivity contribution in [3.63, 3.8) is 0 Å². The highest BCUT2D eigenvalue weighted by molar-refractivity contribution is 5.85. The number of likely N-dealkylation sites (tertiary alicyclic amines) is 1. The van der Waals surface area contributed by atoms with E-state index in [0.29, 0.717) is 34.2 Å². The number of alkyl halides is 1. The van der Waals surface area contributed by atoms with E-state index in [-0.39, 0.29) is 19.4 Å². The van der Waals surface area contributed by atoms with E-state index in [0.717, 1.165) is 38.4 Å². The highest BCUT2D eigenvalue weighted by Gasteiger charge is 2.37. The van der Waals surface area contributed by atoms with Crippen LogP contribution in [0.1, 0.15) is 87.9 Å².